The molecule has 1 fully saturated rings. The lowest BCUT2D eigenvalue weighted by Gasteiger charge is -2.29. The molecule has 1 aliphatic heterocycles. The molecule has 144 valence electrons. The molecule has 3 heterocycles. The second kappa shape index (κ2) is 7.85. The summed E-state index contributed by atoms with van der Waals surface area (Å²) in [6.45, 7) is 1.98. The molecule has 7 nitrogen and oxygen atoms in total. The Kier molecular flexibility index (Phi) is 5.12. The topological polar surface area (TPSA) is 84.1 Å². The van der Waals surface area contributed by atoms with Crippen LogP contribution in [0.1, 0.15) is 18.5 Å². The predicted molar refractivity (Wildman–Crippen MR) is 100 cm³/mol. The highest BCUT2D eigenvalue weighted by molar-refractivity contribution is 5.70. The highest BCUT2D eigenvalue weighted by Crippen LogP contribution is 2.27. The molecule has 0 unspecified atom stereocenters. The zero-order chi connectivity index (χ0) is 19.5. The van der Waals surface area contributed by atoms with Crippen LogP contribution in [0, 0.1) is 11.7 Å². The van der Waals surface area contributed by atoms with Gasteiger partial charge in [0, 0.05) is 24.5 Å². The minimum absolute atomic E-state index is 0.272. The third-order valence-electron chi connectivity index (χ3n) is 5.08. The first kappa shape index (κ1) is 18.2. The third kappa shape index (κ3) is 3.77. The van der Waals surface area contributed by atoms with Crippen LogP contribution in [-0.2, 0) is 11.3 Å². The number of nitrogens with zero attached hydrogens (tertiary/aromatic N) is 5. The second-order valence-corrected chi connectivity index (χ2v) is 6.90. The maximum absolute atomic E-state index is 13.3. The number of benzene rings is 1. The van der Waals surface area contributed by atoms with Crippen LogP contribution >= 0.6 is 0 Å². The molecule has 0 bridgehead atoms. The minimum atomic E-state index is -0.723. The lowest BCUT2D eigenvalue weighted by atomic mass is 9.97. The molecule has 0 atom stereocenters. The Balaban J connectivity index is 1.64. The fraction of sp³-hybridized carbons (Fsp3) is 0.300. The van der Waals surface area contributed by atoms with Gasteiger partial charge in [-0.05, 0) is 62.3 Å². The molecule has 0 aliphatic carbocycles. The van der Waals surface area contributed by atoms with Gasteiger partial charge in [-0.15, -0.1) is 5.10 Å². The van der Waals surface area contributed by atoms with Gasteiger partial charge in [-0.2, -0.15) is 0 Å². The van der Waals surface area contributed by atoms with Crippen molar-refractivity contribution in [3.63, 3.8) is 0 Å². The van der Waals surface area contributed by atoms with Gasteiger partial charge in [0.15, 0.2) is 0 Å². The lowest BCUT2D eigenvalue weighted by molar-refractivity contribution is -0.143. The van der Waals surface area contributed by atoms with Crippen LogP contribution in [0.3, 0.4) is 0 Å². The number of carboxylic acid groups (broad SMARTS) is 1. The SMILES string of the molecule is O=C(O)C1CCN(Cc2nnn(-c3ccc(F)cc3)c2-c2ccncc2)CC1. The highest BCUT2D eigenvalue weighted by atomic mass is 19.1. The third-order valence-corrected chi connectivity index (χ3v) is 5.08. The first-order chi connectivity index (χ1) is 13.6. The summed E-state index contributed by atoms with van der Waals surface area (Å²) in [5.41, 5.74) is 3.26. The number of aromatic nitrogens is 4. The average molecular weight is 381 g/mol. The predicted octanol–water partition coefficient (Wildman–Crippen LogP) is 2.77. The summed E-state index contributed by atoms with van der Waals surface area (Å²) >= 11 is 0. The van der Waals surface area contributed by atoms with Crippen LogP contribution < -0.4 is 0 Å². The standard InChI is InChI=1S/C20H20FN5O2/c21-16-1-3-17(4-2-16)26-19(14-5-9-22-10-6-14)18(23-24-26)13-25-11-7-15(8-12-25)20(27)28/h1-6,9-10,15H,7-8,11-13H2,(H,27,28). The van der Waals surface area contributed by atoms with Crippen LogP contribution in [0.25, 0.3) is 16.9 Å². The van der Waals surface area contributed by atoms with E-state index in [9.17, 15) is 14.3 Å². The van der Waals surface area contributed by atoms with Crippen LogP contribution in [0.4, 0.5) is 4.39 Å². The van der Waals surface area contributed by atoms with E-state index in [0.29, 0.717) is 32.5 Å². The van der Waals surface area contributed by atoms with E-state index in [2.05, 4.69) is 20.2 Å². The quantitative estimate of drug-likeness (QED) is 0.732. The molecular formula is C20H20FN5O2. The minimum Gasteiger partial charge on any atom is -0.481 e. The monoisotopic (exact) mass is 381 g/mol. The maximum atomic E-state index is 13.3. The molecule has 1 saturated heterocycles. The molecule has 0 saturated carbocycles. The molecule has 0 amide bonds. The highest BCUT2D eigenvalue weighted by Gasteiger charge is 2.26. The van der Waals surface area contributed by atoms with Gasteiger partial charge in [-0.25, -0.2) is 9.07 Å². The van der Waals surface area contributed by atoms with Crippen molar-refractivity contribution in [1.82, 2.24) is 24.9 Å². The summed E-state index contributed by atoms with van der Waals surface area (Å²) in [5.74, 6) is -1.30. The van der Waals surface area contributed by atoms with Gasteiger partial charge in [-0.3, -0.25) is 14.7 Å². The largest absolute Gasteiger partial charge is 0.481 e. The maximum Gasteiger partial charge on any atom is 0.306 e. The van der Waals surface area contributed by atoms with E-state index < -0.39 is 5.97 Å². The first-order valence-electron chi connectivity index (χ1n) is 9.18. The summed E-state index contributed by atoms with van der Waals surface area (Å²) < 4.78 is 15.0. The second-order valence-electron chi connectivity index (χ2n) is 6.90. The van der Waals surface area contributed by atoms with Crippen LogP contribution in [0.5, 0.6) is 0 Å². The zero-order valence-electron chi connectivity index (χ0n) is 15.2. The molecule has 0 spiro atoms. The van der Waals surface area contributed by atoms with Gasteiger partial charge in [-0.1, -0.05) is 5.21 Å². The summed E-state index contributed by atoms with van der Waals surface area (Å²) in [4.78, 5) is 17.4. The number of likely N-dealkylation sites (tertiary alicyclic amines) is 1. The van der Waals surface area contributed by atoms with E-state index in [1.165, 1.54) is 12.1 Å². The normalized spacial score (nSPS) is 15.6. The molecule has 2 aromatic heterocycles. The molecule has 8 heteroatoms. The molecule has 0 radical (unpaired) electrons. The number of rotatable bonds is 5. The van der Waals surface area contributed by atoms with Crippen molar-refractivity contribution < 1.29 is 14.3 Å². The fourth-order valence-corrected chi connectivity index (χ4v) is 3.53. The van der Waals surface area contributed by atoms with Gasteiger partial charge >= 0.3 is 5.97 Å². The number of aliphatic carboxylic acids is 1. The number of pyridine rings is 1. The van der Waals surface area contributed by atoms with E-state index in [1.807, 2.05) is 12.1 Å². The van der Waals surface area contributed by atoms with Crippen molar-refractivity contribution in [2.75, 3.05) is 13.1 Å². The molecule has 4 rings (SSSR count). The van der Waals surface area contributed by atoms with Crippen LogP contribution in [-0.4, -0.2) is 49.0 Å². The molecule has 1 aromatic carbocycles. The number of carbonyl (C=O) groups is 1. The molecule has 3 aromatic rings. The van der Waals surface area contributed by atoms with Crippen molar-refractivity contribution in [3.8, 4) is 16.9 Å². The molecule has 1 N–H and O–H groups in total. The smallest absolute Gasteiger partial charge is 0.306 e. The van der Waals surface area contributed by atoms with E-state index >= 15 is 0 Å². The summed E-state index contributed by atoms with van der Waals surface area (Å²) in [6.07, 6.45) is 4.68. The van der Waals surface area contributed by atoms with Crippen molar-refractivity contribution in [2.45, 2.75) is 19.4 Å². The summed E-state index contributed by atoms with van der Waals surface area (Å²) in [6, 6.07) is 9.89. The van der Waals surface area contributed by atoms with E-state index in [0.717, 1.165) is 22.6 Å². The van der Waals surface area contributed by atoms with Crippen LogP contribution in [0.2, 0.25) is 0 Å². The van der Waals surface area contributed by atoms with Gasteiger partial charge in [0.2, 0.25) is 0 Å². The summed E-state index contributed by atoms with van der Waals surface area (Å²) in [7, 11) is 0. The van der Waals surface area contributed by atoms with Crippen molar-refractivity contribution >= 4 is 5.97 Å². The molecule has 28 heavy (non-hydrogen) atoms. The Bertz CT molecular complexity index is 950. The lowest BCUT2D eigenvalue weighted by Crippen LogP contribution is -2.36. The number of hydrogen-bond donors (Lipinski definition) is 1. The van der Waals surface area contributed by atoms with Gasteiger partial charge in [0.05, 0.1) is 17.3 Å². The van der Waals surface area contributed by atoms with Crippen molar-refractivity contribution in [2.24, 2.45) is 5.92 Å². The Morgan fingerprint density at radius 1 is 1.11 bits per heavy atom. The van der Waals surface area contributed by atoms with Crippen molar-refractivity contribution in [1.29, 1.82) is 0 Å². The molecule has 1 aliphatic rings. The van der Waals surface area contributed by atoms with Crippen molar-refractivity contribution in [3.05, 3.63) is 60.3 Å². The van der Waals surface area contributed by atoms with E-state index in [1.54, 1.807) is 29.2 Å². The zero-order valence-corrected chi connectivity index (χ0v) is 15.2. The number of halogens is 1. The average Bonchev–Trinajstić information content (AvgIpc) is 3.13. The van der Waals surface area contributed by atoms with Gasteiger partial charge in [0.1, 0.15) is 11.5 Å². The van der Waals surface area contributed by atoms with Crippen LogP contribution in [0.15, 0.2) is 48.8 Å². The van der Waals surface area contributed by atoms with Gasteiger partial charge < -0.3 is 5.11 Å². The Morgan fingerprint density at radius 3 is 2.43 bits per heavy atom. The fourth-order valence-electron chi connectivity index (χ4n) is 3.53. The summed E-state index contributed by atoms with van der Waals surface area (Å²) in [5, 5.41) is 17.9. The van der Waals surface area contributed by atoms with E-state index in [-0.39, 0.29) is 11.7 Å². The Morgan fingerprint density at radius 2 is 1.79 bits per heavy atom. The van der Waals surface area contributed by atoms with E-state index in [4.69, 9.17) is 0 Å². The number of piperidine rings is 1. The Labute approximate surface area is 161 Å². The van der Waals surface area contributed by atoms with Gasteiger partial charge in [0.25, 0.3) is 0 Å². The molecular weight excluding hydrogens is 361 g/mol. The Hall–Kier alpha value is -3.13. The number of hydrogen-bond acceptors (Lipinski definition) is 5. The number of carboxylic acids is 1. The first-order valence-corrected chi connectivity index (χ1v) is 9.18.